The van der Waals surface area contributed by atoms with Gasteiger partial charge >= 0.3 is 0 Å². The number of rotatable bonds is 6. The third-order valence-corrected chi connectivity index (χ3v) is 4.21. The summed E-state index contributed by atoms with van der Waals surface area (Å²) >= 11 is 7.55. The molecule has 0 bridgehead atoms. The molecule has 0 aliphatic carbocycles. The van der Waals surface area contributed by atoms with Crippen LogP contribution >= 0.6 is 23.4 Å². The van der Waals surface area contributed by atoms with Gasteiger partial charge in [0.15, 0.2) is 11.0 Å². The largest absolute Gasteiger partial charge is 0.305 e. The zero-order chi connectivity index (χ0) is 14.4. The third kappa shape index (κ3) is 3.75. The van der Waals surface area contributed by atoms with Gasteiger partial charge < -0.3 is 4.57 Å². The van der Waals surface area contributed by atoms with Gasteiger partial charge in [-0.3, -0.25) is 0 Å². The molecule has 2 aromatic rings. The van der Waals surface area contributed by atoms with Crippen LogP contribution in [0.4, 0.5) is 0 Å². The highest BCUT2D eigenvalue weighted by atomic mass is 35.5. The maximum atomic E-state index is 8.48. The van der Waals surface area contributed by atoms with E-state index < -0.39 is 0 Å². The van der Waals surface area contributed by atoms with Crippen molar-refractivity contribution in [1.82, 2.24) is 14.8 Å². The van der Waals surface area contributed by atoms with Crippen molar-refractivity contribution in [2.24, 2.45) is 7.05 Å². The maximum absolute atomic E-state index is 8.48. The Balaban J connectivity index is 2.00. The van der Waals surface area contributed by atoms with E-state index in [4.69, 9.17) is 16.9 Å². The van der Waals surface area contributed by atoms with Gasteiger partial charge in [-0.25, -0.2) is 0 Å². The molecule has 0 aliphatic rings. The van der Waals surface area contributed by atoms with Crippen LogP contribution in [-0.2, 0) is 7.05 Å². The molecule has 4 nitrogen and oxygen atoms in total. The zero-order valence-electron chi connectivity index (χ0n) is 11.2. The SMILES string of the molecule is Cn1c(SCCCCC#N)nnc1-c1ccc(Cl)cc1. The number of thioether (sulfide) groups is 1. The Kier molecular flexibility index (Phi) is 5.45. The molecule has 1 aromatic carbocycles. The molecule has 0 amide bonds. The number of halogens is 1. The number of hydrogen-bond donors (Lipinski definition) is 0. The average molecular weight is 307 g/mol. The second-order valence-corrected chi connectivity index (χ2v) is 5.83. The summed E-state index contributed by atoms with van der Waals surface area (Å²) in [6, 6.07) is 9.73. The third-order valence-electron chi connectivity index (χ3n) is 2.85. The lowest BCUT2D eigenvalue weighted by Gasteiger charge is -2.03. The molecule has 104 valence electrons. The fourth-order valence-corrected chi connectivity index (χ4v) is 2.80. The molecule has 0 aliphatic heterocycles. The van der Waals surface area contributed by atoms with Gasteiger partial charge in [0.05, 0.1) is 6.07 Å². The molecule has 6 heteroatoms. The Morgan fingerprint density at radius 1 is 1.25 bits per heavy atom. The molecule has 0 radical (unpaired) electrons. The molecular weight excluding hydrogens is 292 g/mol. The van der Waals surface area contributed by atoms with Crippen LogP contribution in [0, 0.1) is 11.3 Å². The van der Waals surface area contributed by atoms with Crippen LogP contribution in [0.5, 0.6) is 0 Å². The molecule has 0 fully saturated rings. The van der Waals surface area contributed by atoms with Crippen LogP contribution in [-0.4, -0.2) is 20.5 Å². The molecule has 20 heavy (non-hydrogen) atoms. The molecular formula is C14H15ClN4S. The first-order valence-corrected chi connectivity index (χ1v) is 7.74. The van der Waals surface area contributed by atoms with Crippen LogP contribution < -0.4 is 0 Å². The predicted molar refractivity (Wildman–Crippen MR) is 81.6 cm³/mol. The average Bonchev–Trinajstić information content (AvgIpc) is 2.81. The van der Waals surface area contributed by atoms with Crippen molar-refractivity contribution in [3.63, 3.8) is 0 Å². The summed E-state index contributed by atoms with van der Waals surface area (Å²) in [5, 5.41) is 18.5. The Morgan fingerprint density at radius 3 is 2.70 bits per heavy atom. The lowest BCUT2D eigenvalue weighted by atomic mass is 10.2. The summed E-state index contributed by atoms with van der Waals surface area (Å²) in [5.74, 6) is 1.79. The predicted octanol–water partition coefficient (Wildman–Crippen LogP) is 3.92. The van der Waals surface area contributed by atoms with Gasteiger partial charge in [0.1, 0.15) is 0 Å². The highest BCUT2D eigenvalue weighted by Crippen LogP contribution is 2.24. The van der Waals surface area contributed by atoms with Gasteiger partial charge in [-0.05, 0) is 37.1 Å². The zero-order valence-corrected chi connectivity index (χ0v) is 12.8. The minimum absolute atomic E-state index is 0.620. The lowest BCUT2D eigenvalue weighted by molar-refractivity contribution is 0.785. The van der Waals surface area contributed by atoms with E-state index >= 15 is 0 Å². The number of aromatic nitrogens is 3. The van der Waals surface area contributed by atoms with Crippen molar-refractivity contribution in [3.8, 4) is 17.5 Å². The van der Waals surface area contributed by atoms with E-state index in [-0.39, 0.29) is 0 Å². The number of nitriles is 1. The quantitative estimate of drug-likeness (QED) is 0.599. The number of hydrogen-bond acceptors (Lipinski definition) is 4. The monoisotopic (exact) mass is 306 g/mol. The molecule has 1 heterocycles. The number of unbranched alkanes of at least 4 members (excludes halogenated alkanes) is 2. The first kappa shape index (κ1) is 14.9. The Bertz CT molecular complexity index is 601. The van der Waals surface area contributed by atoms with Crippen molar-refractivity contribution in [2.45, 2.75) is 24.4 Å². The highest BCUT2D eigenvalue weighted by molar-refractivity contribution is 7.99. The topological polar surface area (TPSA) is 54.5 Å². The molecule has 1 aromatic heterocycles. The molecule has 0 atom stereocenters. The summed E-state index contributed by atoms with van der Waals surface area (Å²) in [7, 11) is 1.96. The minimum atomic E-state index is 0.620. The van der Waals surface area contributed by atoms with Crippen LogP contribution in [0.15, 0.2) is 29.4 Å². The van der Waals surface area contributed by atoms with E-state index in [9.17, 15) is 0 Å². The van der Waals surface area contributed by atoms with E-state index in [0.29, 0.717) is 11.4 Å². The summed E-state index contributed by atoms with van der Waals surface area (Å²) in [5.41, 5.74) is 1.00. The van der Waals surface area contributed by atoms with E-state index in [1.54, 1.807) is 11.8 Å². The minimum Gasteiger partial charge on any atom is -0.305 e. The molecule has 2 rings (SSSR count). The fraction of sp³-hybridized carbons (Fsp3) is 0.357. The first-order chi connectivity index (χ1) is 9.72. The standard InChI is InChI=1S/C14H15ClN4S/c1-19-13(11-5-7-12(15)8-6-11)17-18-14(19)20-10-4-2-3-9-16/h5-8H,2-4,10H2,1H3. The van der Waals surface area contributed by atoms with Crippen molar-refractivity contribution < 1.29 is 0 Å². The summed E-state index contributed by atoms with van der Waals surface area (Å²) < 4.78 is 1.98. The number of nitrogens with zero attached hydrogens (tertiary/aromatic N) is 4. The Morgan fingerprint density at radius 2 is 2.00 bits per heavy atom. The van der Waals surface area contributed by atoms with Gasteiger partial charge in [-0.15, -0.1) is 10.2 Å². The Hall–Kier alpha value is -1.51. The summed E-state index contributed by atoms with van der Waals surface area (Å²) in [6.45, 7) is 0. The van der Waals surface area contributed by atoms with Gasteiger partial charge in [0, 0.05) is 29.8 Å². The van der Waals surface area contributed by atoms with E-state index in [0.717, 1.165) is 35.1 Å². The highest BCUT2D eigenvalue weighted by Gasteiger charge is 2.10. The second-order valence-electron chi connectivity index (χ2n) is 4.34. The lowest BCUT2D eigenvalue weighted by Crippen LogP contribution is -1.95. The van der Waals surface area contributed by atoms with Crippen LogP contribution in [0.2, 0.25) is 5.02 Å². The summed E-state index contributed by atoms with van der Waals surface area (Å²) in [4.78, 5) is 0. The van der Waals surface area contributed by atoms with E-state index in [1.807, 2.05) is 35.9 Å². The van der Waals surface area contributed by atoms with Gasteiger partial charge in [-0.2, -0.15) is 5.26 Å². The van der Waals surface area contributed by atoms with Gasteiger partial charge in [0.2, 0.25) is 0 Å². The van der Waals surface area contributed by atoms with Gasteiger partial charge in [0.25, 0.3) is 0 Å². The summed E-state index contributed by atoms with van der Waals surface area (Å²) in [6.07, 6.45) is 2.57. The first-order valence-electron chi connectivity index (χ1n) is 6.37. The van der Waals surface area contributed by atoms with Crippen molar-refractivity contribution in [3.05, 3.63) is 29.3 Å². The van der Waals surface area contributed by atoms with Crippen LogP contribution in [0.25, 0.3) is 11.4 Å². The molecule has 0 unspecified atom stereocenters. The number of benzene rings is 1. The molecule has 0 saturated heterocycles. The fourth-order valence-electron chi connectivity index (χ4n) is 1.76. The second kappa shape index (κ2) is 7.32. The molecule has 0 N–H and O–H groups in total. The van der Waals surface area contributed by atoms with Crippen LogP contribution in [0.3, 0.4) is 0 Å². The molecule has 0 saturated carbocycles. The van der Waals surface area contributed by atoms with E-state index in [2.05, 4.69) is 16.3 Å². The van der Waals surface area contributed by atoms with Crippen LogP contribution in [0.1, 0.15) is 19.3 Å². The van der Waals surface area contributed by atoms with E-state index in [1.165, 1.54) is 0 Å². The van der Waals surface area contributed by atoms with Gasteiger partial charge in [-0.1, -0.05) is 23.4 Å². The maximum Gasteiger partial charge on any atom is 0.191 e. The van der Waals surface area contributed by atoms with Crippen molar-refractivity contribution >= 4 is 23.4 Å². The Labute approximate surface area is 127 Å². The smallest absolute Gasteiger partial charge is 0.191 e. The normalized spacial score (nSPS) is 10.4. The molecule has 0 spiro atoms. The van der Waals surface area contributed by atoms with Crippen molar-refractivity contribution in [1.29, 1.82) is 5.26 Å². The van der Waals surface area contributed by atoms with Crippen molar-refractivity contribution in [2.75, 3.05) is 5.75 Å².